The fourth-order valence-corrected chi connectivity index (χ4v) is 3.35. The lowest BCUT2D eigenvalue weighted by Gasteiger charge is -2.20. The summed E-state index contributed by atoms with van der Waals surface area (Å²) in [6, 6.07) is 10.8. The van der Waals surface area contributed by atoms with Crippen molar-refractivity contribution in [1.29, 1.82) is 0 Å². The number of aromatic nitrogens is 1. The number of hydrogen-bond acceptors (Lipinski definition) is 4. The topological polar surface area (TPSA) is 54.5 Å². The minimum atomic E-state index is -0.310. The third-order valence-corrected chi connectivity index (χ3v) is 4.64. The van der Waals surface area contributed by atoms with E-state index in [9.17, 15) is 4.79 Å². The molecular formula is C19H22ClN3O2. The van der Waals surface area contributed by atoms with E-state index in [0.29, 0.717) is 17.2 Å². The van der Waals surface area contributed by atoms with E-state index in [2.05, 4.69) is 15.2 Å². The molecule has 0 radical (unpaired) electrons. The number of nitrogens with zero attached hydrogens (tertiary/aromatic N) is 2. The number of nitrogens with one attached hydrogen (secondary N) is 1. The Labute approximate surface area is 153 Å². The van der Waals surface area contributed by atoms with Crippen LogP contribution in [0.2, 0.25) is 5.02 Å². The first kappa shape index (κ1) is 17.7. The van der Waals surface area contributed by atoms with Crippen LogP contribution >= 0.6 is 11.6 Å². The largest absolute Gasteiger partial charge is 0.382 e. The fourth-order valence-electron chi connectivity index (χ4n) is 3.05. The number of benzene rings is 1. The molecule has 0 bridgehead atoms. The molecule has 0 aliphatic carbocycles. The molecule has 3 rings (SSSR count). The molecule has 2 aromatic rings. The molecule has 132 valence electrons. The van der Waals surface area contributed by atoms with Gasteiger partial charge in [0.05, 0.1) is 29.1 Å². The Kier molecular flexibility index (Phi) is 5.89. The van der Waals surface area contributed by atoms with Gasteiger partial charge in [-0.15, -0.1) is 0 Å². The van der Waals surface area contributed by atoms with Crippen LogP contribution in [-0.4, -0.2) is 37.7 Å². The molecule has 25 heavy (non-hydrogen) atoms. The van der Waals surface area contributed by atoms with Crippen LogP contribution in [0.5, 0.6) is 0 Å². The number of rotatable bonds is 6. The maximum absolute atomic E-state index is 12.6. The zero-order valence-electron chi connectivity index (χ0n) is 14.2. The summed E-state index contributed by atoms with van der Waals surface area (Å²) in [6.45, 7) is 2.38. The molecule has 1 fully saturated rings. The molecule has 1 saturated heterocycles. The first-order valence-electron chi connectivity index (χ1n) is 8.44. The number of methoxy groups -OCH3 is 1. The highest BCUT2D eigenvalue weighted by atomic mass is 35.5. The Morgan fingerprint density at radius 1 is 1.32 bits per heavy atom. The first-order chi connectivity index (χ1) is 12.2. The van der Waals surface area contributed by atoms with Crippen molar-refractivity contribution in [2.75, 3.05) is 31.7 Å². The van der Waals surface area contributed by atoms with Crippen molar-refractivity contribution < 1.29 is 9.53 Å². The van der Waals surface area contributed by atoms with E-state index in [1.165, 1.54) is 12.8 Å². The van der Waals surface area contributed by atoms with Crippen LogP contribution in [0.1, 0.15) is 34.9 Å². The molecule has 1 N–H and O–H groups in total. The summed E-state index contributed by atoms with van der Waals surface area (Å²) in [5.74, 6) is -0.192. The molecule has 1 amide bonds. The zero-order chi connectivity index (χ0) is 17.6. The molecule has 2 heterocycles. The van der Waals surface area contributed by atoms with Crippen molar-refractivity contribution in [3.05, 3.63) is 58.9 Å². The second kappa shape index (κ2) is 8.32. The molecule has 1 aromatic carbocycles. The molecule has 1 unspecified atom stereocenters. The number of hydrogen-bond donors (Lipinski definition) is 1. The van der Waals surface area contributed by atoms with Crippen molar-refractivity contribution in [1.82, 2.24) is 10.3 Å². The summed E-state index contributed by atoms with van der Waals surface area (Å²) in [6.07, 6.45) is 4.06. The Bertz CT molecular complexity index is 718. The van der Waals surface area contributed by atoms with E-state index in [1.807, 2.05) is 30.3 Å². The number of carbonyl (C=O) groups excluding carboxylic acids is 1. The highest BCUT2D eigenvalue weighted by Crippen LogP contribution is 2.29. The number of anilines is 1. The second-order valence-corrected chi connectivity index (χ2v) is 6.50. The number of pyridine rings is 1. The second-order valence-electron chi connectivity index (χ2n) is 6.10. The van der Waals surface area contributed by atoms with Gasteiger partial charge in [0.1, 0.15) is 0 Å². The summed E-state index contributed by atoms with van der Waals surface area (Å²) < 4.78 is 5.22. The number of halogens is 1. The van der Waals surface area contributed by atoms with Crippen LogP contribution < -0.4 is 10.2 Å². The van der Waals surface area contributed by atoms with Gasteiger partial charge in [-0.1, -0.05) is 17.7 Å². The van der Waals surface area contributed by atoms with Crippen molar-refractivity contribution in [2.45, 2.75) is 18.9 Å². The predicted molar refractivity (Wildman–Crippen MR) is 99.2 cm³/mol. The van der Waals surface area contributed by atoms with Gasteiger partial charge in [0.2, 0.25) is 0 Å². The van der Waals surface area contributed by atoms with Gasteiger partial charge in [0, 0.05) is 32.0 Å². The number of carbonyl (C=O) groups is 1. The maximum Gasteiger partial charge on any atom is 0.251 e. The van der Waals surface area contributed by atoms with E-state index in [-0.39, 0.29) is 11.9 Å². The number of ether oxygens (including phenoxy) is 1. The molecule has 1 aliphatic rings. The lowest BCUT2D eigenvalue weighted by molar-refractivity contribution is 0.0894. The Hall–Kier alpha value is -2.11. The van der Waals surface area contributed by atoms with Crippen LogP contribution in [-0.2, 0) is 4.74 Å². The SMILES string of the molecule is COCC(NC(=O)c1ccc(N2CCCC2)c(Cl)c1)c1ccccn1. The van der Waals surface area contributed by atoms with Gasteiger partial charge in [-0.2, -0.15) is 0 Å². The summed E-state index contributed by atoms with van der Waals surface area (Å²) in [7, 11) is 1.60. The van der Waals surface area contributed by atoms with Gasteiger partial charge in [-0.3, -0.25) is 9.78 Å². The molecular weight excluding hydrogens is 338 g/mol. The van der Waals surface area contributed by atoms with E-state index in [0.717, 1.165) is 24.5 Å². The predicted octanol–water partition coefficient (Wildman–Crippen LogP) is 3.45. The van der Waals surface area contributed by atoms with Gasteiger partial charge in [0.25, 0.3) is 5.91 Å². The quantitative estimate of drug-likeness (QED) is 0.858. The Morgan fingerprint density at radius 2 is 2.12 bits per heavy atom. The highest BCUT2D eigenvalue weighted by Gasteiger charge is 2.19. The molecule has 1 aliphatic heterocycles. The van der Waals surface area contributed by atoms with E-state index < -0.39 is 0 Å². The third kappa shape index (κ3) is 4.30. The average Bonchev–Trinajstić information content (AvgIpc) is 3.16. The van der Waals surface area contributed by atoms with Crippen LogP contribution in [0.25, 0.3) is 0 Å². The monoisotopic (exact) mass is 359 g/mol. The third-order valence-electron chi connectivity index (χ3n) is 4.34. The maximum atomic E-state index is 12.6. The molecule has 0 saturated carbocycles. The molecule has 1 atom stereocenters. The van der Waals surface area contributed by atoms with Crippen LogP contribution in [0.3, 0.4) is 0 Å². The zero-order valence-corrected chi connectivity index (χ0v) is 15.0. The minimum absolute atomic E-state index is 0.192. The normalized spacial score (nSPS) is 15.2. The van der Waals surface area contributed by atoms with E-state index in [1.54, 1.807) is 19.4 Å². The average molecular weight is 360 g/mol. The smallest absolute Gasteiger partial charge is 0.251 e. The van der Waals surface area contributed by atoms with Crippen LogP contribution in [0, 0.1) is 0 Å². The van der Waals surface area contributed by atoms with Gasteiger partial charge >= 0.3 is 0 Å². The van der Waals surface area contributed by atoms with Crippen LogP contribution in [0.15, 0.2) is 42.6 Å². The highest BCUT2D eigenvalue weighted by molar-refractivity contribution is 6.33. The van der Waals surface area contributed by atoms with E-state index in [4.69, 9.17) is 16.3 Å². The van der Waals surface area contributed by atoms with Crippen LogP contribution in [0.4, 0.5) is 5.69 Å². The standard InChI is InChI=1S/C19H22ClN3O2/c1-25-13-17(16-6-2-3-9-21-16)22-19(24)14-7-8-18(15(20)12-14)23-10-4-5-11-23/h2-3,6-9,12,17H,4-5,10-11,13H2,1H3,(H,22,24). The fraction of sp³-hybridized carbons (Fsp3) is 0.368. The summed E-state index contributed by atoms with van der Waals surface area (Å²) in [5, 5.41) is 3.58. The van der Waals surface area contributed by atoms with Gasteiger partial charge in [0.15, 0.2) is 0 Å². The van der Waals surface area contributed by atoms with E-state index >= 15 is 0 Å². The molecule has 5 nitrogen and oxygen atoms in total. The number of amides is 1. The first-order valence-corrected chi connectivity index (χ1v) is 8.82. The van der Waals surface area contributed by atoms with Gasteiger partial charge < -0.3 is 15.0 Å². The summed E-state index contributed by atoms with van der Waals surface area (Å²) in [4.78, 5) is 19.2. The Balaban J connectivity index is 1.74. The van der Waals surface area contributed by atoms with Crippen molar-refractivity contribution >= 4 is 23.2 Å². The Morgan fingerprint density at radius 3 is 2.76 bits per heavy atom. The minimum Gasteiger partial charge on any atom is -0.382 e. The van der Waals surface area contributed by atoms with Crippen molar-refractivity contribution in [3.63, 3.8) is 0 Å². The summed E-state index contributed by atoms with van der Waals surface area (Å²) in [5.41, 5.74) is 2.29. The molecule has 1 aromatic heterocycles. The van der Waals surface area contributed by atoms with Crippen molar-refractivity contribution in [2.24, 2.45) is 0 Å². The lowest BCUT2D eigenvalue weighted by Crippen LogP contribution is -2.32. The lowest BCUT2D eigenvalue weighted by atomic mass is 10.1. The molecule has 6 heteroatoms. The van der Waals surface area contributed by atoms with Crippen molar-refractivity contribution in [3.8, 4) is 0 Å². The van der Waals surface area contributed by atoms with Gasteiger partial charge in [-0.25, -0.2) is 0 Å². The van der Waals surface area contributed by atoms with Gasteiger partial charge in [-0.05, 0) is 43.2 Å². The summed E-state index contributed by atoms with van der Waals surface area (Å²) >= 11 is 6.41. The molecule has 0 spiro atoms.